The maximum absolute atomic E-state index is 12.6. The van der Waals surface area contributed by atoms with Gasteiger partial charge in [-0.15, -0.1) is 0 Å². The zero-order chi connectivity index (χ0) is 18.2. The number of hydrogen-bond donors (Lipinski definition) is 1. The normalized spacial score (nSPS) is 25.5. The van der Waals surface area contributed by atoms with Gasteiger partial charge in [-0.25, -0.2) is 9.69 Å². The third-order valence-corrected chi connectivity index (χ3v) is 5.69. The first-order valence-electron chi connectivity index (χ1n) is 9.09. The molecule has 1 spiro atoms. The number of aliphatic hydroxyl groups is 1. The van der Waals surface area contributed by atoms with Crippen molar-refractivity contribution < 1.29 is 14.6 Å². The van der Waals surface area contributed by atoms with Crippen LogP contribution in [0.4, 0.5) is 10.5 Å². The molecule has 2 heterocycles. The Morgan fingerprint density at radius 2 is 1.58 bits per heavy atom. The molecule has 136 valence electrons. The van der Waals surface area contributed by atoms with E-state index in [1.807, 2.05) is 48.5 Å². The minimum atomic E-state index is -1.37. The predicted molar refractivity (Wildman–Crippen MR) is 99.7 cm³/mol. The van der Waals surface area contributed by atoms with E-state index in [1.54, 1.807) is 6.92 Å². The molecule has 1 atom stereocenters. The van der Waals surface area contributed by atoms with E-state index < -0.39 is 17.4 Å². The van der Waals surface area contributed by atoms with Gasteiger partial charge in [0.25, 0.3) is 0 Å². The lowest BCUT2D eigenvalue weighted by Gasteiger charge is -2.44. The largest absolute Gasteiger partial charge is 0.437 e. The molecule has 1 unspecified atom stereocenters. The standard InChI is InChI=1S/C21H24N2O3/c1-20(25)21(26-19(24)23(20)18-10-6-3-7-11-18)12-14-22(15-13-21)16-17-8-4-2-5-9-17/h2-11,25H,12-16H2,1H3. The zero-order valence-electron chi connectivity index (χ0n) is 15.0. The fraction of sp³-hybridized carbons (Fsp3) is 0.381. The van der Waals surface area contributed by atoms with Gasteiger partial charge < -0.3 is 9.84 Å². The van der Waals surface area contributed by atoms with Crippen LogP contribution in [-0.2, 0) is 11.3 Å². The second-order valence-electron chi connectivity index (χ2n) is 7.32. The second-order valence-corrected chi connectivity index (χ2v) is 7.32. The summed E-state index contributed by atoms with van der Waals surface area (Å²) < 4.78 is 5.78. The third kappa shape index (κ3) is 2.77. The molecule has 1 amide bonds. The van der Waals surface area contributed by atoms with Gasteiger partial charge in [-0.2, -0.15) is 0 Å². The topological polar surface area (TPSA) is 53.0 Å². The smallest absolute Gasteiger partial charge is 0.417 e. The van der Waals surface area contributed by atoms with E-state index in [1.165, 1.54) is 10.5 Å². The number of piperidine rings is 1. The number of hydrogen-bond acceptors (Lipinski definition) is 4. The summed E-state index contributed by atoms with van der Waals surface area (Å²) in [6.45, 7) is 4.12. The number of anilines is 1. The first-order chi connectivity index (χ1) is 12.5. The number of nitrogens with zero attached hydrogens (tertiary/aromatic N) is 2. The van der Waals surface area contributed by atoms with Crippen molar-refractivity contribution in [3.05, 3.63) is 66.2 Å². The molecule has 2 saturated heterocycles. The quantitative estimate of drug-likeness (QED) is 0.920. The SMILES string of the molecule is CC1(O)N(c2ccccc2)C(=O)OC12CCN(Cc1ccccc1)CC2. The number of amides is 1. The summed E-state index contributed by atoms with van der Waals surface area (Å²) in [5, 5.41) is 11.3. The van der Waals surface area contributed by atoms with Gasteiger partial charge in [-0.05, 0) is 24.6 Å². The Hall–Kier alpha value is -2.37. The van der Waals surface area contributed by atoms with Gasteiger partial charge in [-0.3, -0.25) is 4.90 Å². The second kappa shape index (κ2) is 6.41. The molecule has 5 heteroatoms. The first kappa shape index (κ1) is 17.1. The van der Waals surface area contributed by atoms with Crippen molar-refractivity contribution in [2.75, 3.05) is 18.0 Å². The summed E-state index contributed by atoms with van der Waals surface area (Å²) in [5.41, 5.74) is -0.312. The maximum Gasteiger partial charge on any atom is 0.417 e. The molecule has 5 nitrogen and oxygen atoms in total. The van der Waals surface area contributed by atoms with Crippen molar-refractivity contribution in [1.29, 1.82) is 0 Å². The van der Waals surface area contributed by atoms with Gasteiger partial charge in [0.15, 0.2) is 11.3 Å². The molecule has 2 fully saturated rings. The molecule has 0 bridgehead atoms. The van der Waals surface area contributed by atoms with E-state index in [9.17, 15) is 9.90 Å². The molecule has 4 rings (SSSR count). The molecular formula is C21H24N2O3. The summed E-state index contributed by atoms with van der Waals surface area (Å²) in [6, 6.07) is 19.6. The van der Waals surface area contributed by atoms with Gasteiger partial charge in [0.1, 0.15) is 0 Å². The number of para-hydroxylation sites is 1. The fourth-order valence-electron chi connectivity index (χ4n) is 4.11. The van der Waals surface area contributed by atoms with Crippen molar-refractivity contribution in [1.82, 2.24) is 4.90 Å². The van der Waals surface area contributed by atoms with Crippen LogP contribution >= 0.6 is 0 Å². The van der Waals surface area contributed by atoms with Crippen LogP contribution in [0, 0.1) is 0 Å². The number of carbonyl (C=O) groups is 1. The van der Waals surface area contributed by atoms with Crippen LogP contribution in [0.15, 0.2) is 60.7 Å². The molecule has 1 N–H and O–H groups in total. The van der Waals surface area contributed by atoms with E-state index in [0.29, 0.717) is 18.5 Å². The highest BCUT2D eigenvalue weighted by atomic mass is 16.6. The molecular weight excluding hydrogens is 328 g/mol. The van der Waals surface area contributed by atoms with Crippen LogP contribution in [0.2, 0.25) is 0 Å². The summed E-state index contributed by atoms with van der Waals surface area (Å²) >= 11 is 0. The highest BCUT2D eigenvalue weighted by Gasteiger charge is 2.63. The van der Waals surface area contributed by atoms with Crippen molar-refractivity contribution in [2.24, 2.45) is 0 Å². The van der Waals surface area contributed by atoms with Crippen molar-refractivity contribution in [3.63, 3.8) is 0 Å². The van der Waals surface area contributed by atoms with E-state index >= 15 is 0 Å². The van der Waals surface area contributed by atoms with E-state index in [4.69, 9.17) is 4.74 Å². The van der Waals surface area contributed by atoms with Crippen LogP contribution in [0.5, 0.6) is 0 Å². The van der Waals surface area contributed by atoms with Crippen LogP contribution in [-0.4, -0.2) is 40.5 Å². The monoisotopic (exact) mass is 352 g/mol. The lowest BCUT2D eigenvalue weighted by molar-refractivity contribution is -0.125. The number of ether oxygens (including phenoxy) is 1. The van der Waals surface area contributed by atoms with Crippen molar-refractivity contribution in [3.8, 4) is 0 Å². The number of carbonyl (C=O) groups excluding carboxylic acids is 1. The minimum absolute atomic E-state index is 0.474. The van der Waals surface area contributed by atoms with Crippen LogP contribution in [0.25, 0.3) is 0 Å². The average Bonchev–Trinajstić information content (AvgIpc) is 2.84. The summed E-state index contributed by atoms with van der Waals surface area (Å²) in [5.74, 6) is 0. The molecule has 26 heavy (non-hydrogen) atoms. The predicted octanol–water partition coefficient (Wildman–Crippen LogP) is 3.39. The summed E-state index contributed by atoms with van der Waals surface area (Å²) in [7, 11) is 0. The van der Waals surface area contributed by atoms with E-state index in [2.05, 4.69) is 17.0 Å². The molecule has 0 aliphatic carbocycles. The molecule has 0 radical (unpaired) electrons. The first-order valence-corrected chi connectivity index (χ1v) is 9.09. The Bertz CT molecular complexity index is 768. The van der Waals surface area contributed by atoms with Gasteiger partial charge >= 0.3 is 6.09 Å². The van der Waals surface area contributed by atoms with Gasteiger partial charge in [0.2, 0.25) is 0 Å². The fourth-order valence-corrected chi connectivity index (χ4v) is 4.11. The molecule has 2 aliphatic rings. The maximum atomic E-state index is 12.6. The van der Waals surface area contributed by atoms with E-state index in [-0.39, 0.29) is 0 Å². The van der Waals surface area contributed by atoms with Gasteiger partial charge in [-0.1, -0.05) is 48.5 Å². The van der Waals surface area contributed by atoms with Crippen molar-refractivity contribution in [2.45, 2.75) is 37.6 Å². The summed E-state index contributed by atoms with van der Waals surface area (Å²) in [6.07, 6.45) is 0.752. The highest BCUT2D eigenvalue weighted by Crippen LogP contribution is 2.46. The van der Waals surface area contributed by atoms with Crippen molar-refractivity contribution >= 4 is 11.8 Å². The molecule has 0 aromatic heterocycles. The molecule has 2 aromatic carbocycles. The van der Waals surface area contributed by atoms with E-state index in [0.717, 1.165) is 19.6 Å². The minimum Gasteiger partial charge on any atom is -0.437 e. The van der Waals surface area contributed by atoms with Crippen LogP contribution in [0.1, 0.15) is 25.3 Å². The lowest BCUT2D eigenvalue weighted by atomic mass is 9.81. The Balaban J connectivity index is 1.50. The van der Waals surface area contributed by atoms with Crippen LogP contribution in [0.3, 0.4) is 0 Å². The Morgan fingerprint density at radius 3 is 2.19 bits per heavy atom. The Kier molecular flexibility index (Phi) is 4.21. The molecule has 2 aliphatic heterocycles. The Labute approximate surface area is 153 Å². The molecule has 2 aromatic rings. The van der Waals surface area contributed by atoms with Gasteiger partial charge in [0.05, 0.1) is 5.69 Å². The third-order valence-electron chi connectivity index (χ3n) is 5.69. The zero-order valence-corrected chi connectivity index (χ0v) is 15.0. The lowest BCUT2D eigenvalue weighted by Crippen LogP contribution is -2.60. The Morgan fingerprint density at radius 1 is 1.00 bits per heavy atom. The van der Waals surface area contributed by atoms with Crippen LogP contribution < -0.4 is 4.90 Å². The van der Waals surface area contributed by atoms with Gasteiger partial charge in [0, 0.05) is 32.5 Å². The average molecular weight is 352 g/mol. The number of rotatable bonds is 3. The number of benzene rings is 2. The highest BCUT2D eigenvalue weighted by molar-refractivity contribution is 5.92. The number of likely N-dealkylation sites (tertiary alicyclic amines) is 1. The summed E-state index contributed by atoms with van der Waals surface area (Å²) in [4.78, 5) is 16.3. The molecule has 0 saturated carbocycles.